The topological polar surface area (TPSA) is 62.7 Å². The lowest BCUT2D eigenvalue weighted by Gasteiger charge is -2.11. The van der Waals surface area contributed by atoms with E-state index < -0.39 is 17.5 Å². The molecule has 25 heavy (non-hydrogen) atoms. The van der Waals surface area contributed by atoms with E-state index in [1.54, 1.807) is 0 Å². The summed E-state index contributed by atoms with van der Waals surface area (Å²) < 4.78 is 40.0. The van der Waals surface area contributed by atoms with Gasteiger partial charge in [0.1, 0.15) is 0 Å². The molecule has 0 saturated carbocycles. The average molecular weight is 345 g/mol. The molecule has 3 rings (SSSR count). The Morgan fingerprint density at radius 3 is 2.48 bits per heavy atom. The zero-order chi connectivity index (χ0) is 18.0. The standard InChI is InChI=1S/C17H14F3N5/c1-9-3-4-10(2)13(7-9)23-17-24-14(8-21-25-17)22-12-6-5-11(18)15(19)16(12)20/h3-8H,1-2H3,(H2,22,23,24,25). The van der Waals surface area contributed by atoms with Crippen LogP contribution in [0.2, 0.25) is 0 Å². The summed E-state index contributed by atoms with van der Waals surface area (Å²) in [4.78, 5) is 4.15. The molecule has 5 nitrogen and oxygen atoms in total. The maximum absolute atomic E-state index is 13.7. The van der Waals surface area contributed by atoms with Crippen LogP contribution < -0.4 is 10.6 Å². The van der Waals surface area contributed by atoms with Crippen LogP contribution in [0.1, 0.15) is 11.1 Å². The molecule has 128 valence electrons. The van der Waals surface area contributed by atoms with Crippen LogP contribution >= 0.6 is 0 Å². The Morgan fingerprint density at radius 2 is 1.68 bits per heavy atom. The van der Waals surface area contributed by atoms with Gasteiger partial charge in [0.2, 0.25) is 5.95 Å². The van der Waals surface area contributed by atoms with E-state index >= 15 is 0 Å². The van der Waals surface area contributed by atoms with Crippen LogP contribution in [-0.4, -0.2) is 15.2 Å². The summed E-state index contributed by atoms with van der Waals surface area (Å²) in [6, 6.07) is 7.75. The number of nitrogens with zero attached hydrogens (tertiary/aromatic N) is 3. The number of benzene rings is 2. The third-order valence-electron chi connectivity index (χ3n) is 3.50. The van der Waals surface area contributed by atoms with Gasteiger partial charge in [0.05, 0.1) is 11.9 Å². The van der Waals surface area contributed by atoms with Gasteiger partial charge in [-0.25, -0.2) is 13.2 Å². The fourth-order valence-electron chi connectivity index (χ4n) is 2.17. The SMILES string of the molecule is Cc1ccc(C)c(Nc2nncc(Nc3ccc(F)c(F)c3F)n2)c1. The number of nitrogens with one attached hydrogen (secondary N) is 2. The second-order valence-corrected chi connectivity index (χ2v) is 5.46. The van der Waals surface area contributed by atoms with Crippen LogP contribution in [-0.2, 0) is 0 Å². The molecular formula is C17H14F3N5. The highest BCUT2D eigenvalue weighted by atomic mass is 19.2. The van der Waals surface area contributed by atoms with E-state index in [2.05, 4.69) is 25.8 Å². The van der Waals surface area contributed by atoms with E-state index in [-0.39, 0.29) is 17.5 Å². The second-order valence-electron chi connectivity index (χ2n) is 5.46. The van der Waals surface area contributed by atoms with E-state index in [9.17, 15) is 13.2 Å². The zero-order valence-electron chi connectivity index (χ0n) is 13.4. The monoisotopic (exact) mass is 345 g/mol. The summed E-state index contributed by atoms with van der Waals surface area (Å²) in [7, 11) is 0. The smallest absolute Gasteiger partial charge is 0.249 e. The Bertz CT molecular complexity index is 930. The van der Waals surface area contributed by atoms with Crippen LogP contribution in [0.4, 0.5) is 36.3 Å². The third kappa shape index (κ3) is 3.68. The summed E-state index contributed by atoms with van der Waals surface area (Å²) in [5.74, 6) is -3.83. The molecule has 3 aromatic rings. The molecule has 1 heterocycles. The molecule has 0 atom stereocenters. The quantitative estimate of drug-likeness (QED) is 0.687. The van der Waals surface area contributed by atoms with Gasteiger partial charge in [-0.3, -0.25) is 0 Å². The van der Waals surface area contributed by atoms with E-state index in [4.69, 9.17) is 0 Å². The molecule has 2 N–H and O–H groups in total. The van der Waals surface area contributed by atoms with Crippen molar-refractivity contribution in [2.24, 2.45) is 0 Å². The normalized spacial score (nSPS) is 10.6. The van der Waals surface area contributed by atoms with Crippen LogP contribution in [0.5, 0.6) is 0 Å². The van der Waals surface area contributed by atoms with E-state index in [0.717, 1.165) is 28.9 Å². The Labute approximate surface area is 141 Å². The summed E-state index contributed by atoms with van der Waals surface area (Å²) in [5.41, 5.74) is 2.59. The highest BCUT2D eigenvalue weighted by Crippen LogP contribution is 2.24. The van der Waals surface area contributed by atoms with Crippen molar-refractivity contribution in [3.05, 3.63) is 65.1 Å². The Hall–Kier alpha value is -3.16. The van der Waals surface area contributed by atoms with E-state index in [1.807, 2.05) is 32.0 Å². The minimum Gasteiger partial charge on any atom is -0.336 e. The van der Waals surface area contributed by atoms with Crippen molar-refractivity contribution in [1.29, 1.82) is 0 Å². The fourth-order valence-corrected chi connectivity index (χ4v) is 2.17. The van der Waals surface area contributed by atoms with Crippen molar-refractivity contribution in [2.45, 2.75) is 13.8 Å². The lowest BCUT2D eigenvalue weighted by Crippen LogP contribution is -2.05. The van der Waals surface area contributed by atoms with Crippen LogP contribution in [0.15, 0.2) is 36.5 Å². The number of aryl methyl sites for hydroxylation is 2. The Morgan fingerprint density at radius 1 is 0.880 bits per heavy atom. The Balaban J connectivity index is 1.85. The first kappa shape index (κ1) is 16.7. The minimum absolute atomic E-state index is 0.132. The van der Waals surface area contributed by atoms with Crippen LogP contribution in [0.3, 0.4) is 0 Å². The van der Waals surface area contributed by atoms with Gasteiger partial charge >= 0.3 is 0 Å². The number of rotatable bonds is 4. The van der Waals surface area contributed by atoms with Crippen molar-refractivity contribution >= 4 is 23.1 Å². The van der Waals surface area contributed by atoms with Crippen LogP contribution in [0.25, 0.3) is 0 Å². The summed E-state index contributed by atoms with van der Waals surface area (Å²) in [5, 5.41) is 13.2. The maximum atomic E-state index is 13.7. The largest absolute Gasteiger partial charge is 0.336 e. The molecule has 0 unspecified atom stereocenters. The highest BCUT2D eigenvalue weighted by Gasteiger charge is 2.14. The van der Waals surface area contributed by atoms with Gasteiger partial charge in [-0.05, 0) is 43.2 Å². The molecule has 0 aliphatic carbocycles. The van der Waals surface area contributed by atoms with E-state index in [0.29, 0.717) is 0 Å². The van der Waals surface area contributed by atoms with Crippen LogP contribution in [0, 0.1) is 31.3 Å². The average Bonchev–Trinajstić information content (AvgIpc) is 2.59. The minimum atomic E-state index is -1.55. The predicted molar refractivity (Wildman–Crippen MR) is 88.6 cm³/mol. The molecule has 0 radical (unpaired) electrons. The van der Waals surface area contributed by atoms with Gasteiger partial charge in [-0.2, -0.15) is 10.1 Å². The third-order valence-corrected chi connectivity index (χ3v) is 3.50. The van der Waals surface area contributed by atoms with Gasteiger partial charge in [0.25, 0.3) is 0 Å². The molecule has 1 aromatic heterocycles. The number of anilines is 4. The van der Waals surface area contributed by atoms with Crippen molar-refractivity contribution in [2.75, 3.05) is 10.6 Å². The number of halogens is 3. The maximum Gasteiger partial charge on any atom is 0.249 e. The first-order valence-electron chi connectivity index (χ1n) is 7.38. The molecule has 0 aliphatic heterocycles. The molecule has 0 bridgehead atoms. The van der Waals surface area contributed by atoms with Gasteiger partial charge in [0.15, 0.2) is 23.3 Å². The zero-order valence-corrected chi connectivity index (χ0v) is 13.4. The second kappa shape index (κ2) is 6.76. The lowest BCUT2D eigenvalue weighted by molar-refractivity contribution is 0.449. The molecule has 2 aromatic carbocycles. The Kier molecular flexibility index (Phi) is 4.51. The first-order valence-corrected chi connectivity index (χ1v) is 7.38. The lowest BCUT2D eigenvalue weighted by atomic mass is 10.1. The molecule has 8 heteroatoms. The highest BCUT2D eigenvalue weighted by molar-refractivity contribution is 5.61. The van der Waals surface area contributed by atoms with Crippen molar-refractivity contribution in [3.63, 3.8) is 0 Å². The van der Waals surface area contributed by atoms with Crippen molar-refractivity contribution in [3.8, 4) is 0 Å². The van der Waals surface area contributed by atoms with Gasteiger partial charge in [0, 0.05) is 5.69 Å². The summed E-state index contributed by atoms with van der Waals surface area (Å²) >= 11 is 0. The number of aromatic nitrogens is 3. The van der Waals surface area contributed by atoms with E-state index in [1.165, 1.54) is 6.20 Å². The fraction of sp³-hybridized carbons (Fsp3) is 0.118. The number of hydrogen-bond acceptors (Lipinski definition) is 5. The van der Waals surface area contributed by atoms with Gasteiger partial charge in [-0.15, -0.1) is 5.10 Å². The molecular weight excluding hydrogens is 331 g/mol. The molecule has 0 spiro atoms. The summed E-state index contributed by atoms with van der Waals surface area (Å²) in [6.07, 6.45) is 1.25. The summed E-state index contributed by atoms with van der Waals surface area (Å²) in [6.45, 7) is 3.88. The predicted octanol–water partition coefficient (Wildman–Crippen LogP) is 4.39. The molecule has 0 amide bonds. The number of hydrogen-bond donors (Lipinski definition) is 2. The first-order chi connectivity index (χ1) is 11.9. The molecule has 0 aliphatic rings. The van der Waals surface area contributed by atoms with Gasteiger partial charge < -0.3 is 10.6 Å². The van der Waals surface area contributed by atoms with Crippen molar-refractivity contribution in [1.82, 2.24) is 15.2 Å². The van der Waals surface area contributed by atoms with Crippen molar-refractivity contribution < 1.29 is 13.2 Å². The molecule has 0 fully saturated rings. The molecule has 0 saturated heterocycles. The van der Waals surface area contributed by atoms with Gasteiger partial charge in [-0.1, -0.05) is 12.1 Å².